The summed E-state index contributed by atoms with van der Waals surface area (Å²) in [6.07, 6.45) is 2.32. The van der Waals surface area contributed by atoms with Gasteiger partial charge >= 0.3 is 0 Å². The van der Waals surface area contributed by atoms with Crippen molar-refractivity contribution in [2.45, 2.75) is 18.4 Å². The highest BCUT2D eigenvalue weighted by atomic mass is 35.5. The molecule has 0 heterocycles. The molecule has 4 nitrogen and oxygen atoms in total. The van der Waals surface area contributed by atoms with Crippen molar-refractivity contribution in [2.75, 3.05) is 0 Å². The first kappa shape index (κ1) is 24.1. The molecule has 4 aromatic carbocycles. The number of hydrazone groups is 1. The summed E-state index contributed by atoms with van der Waals surface area (Å²) in [5, 5.41) is 5.52. The van der Waals surface area contributed by atoms with Gasteiger partial charge in [0.15, 0.2) is 0 Å². The molecule has 1 atom stereocenters. The van der Waals surface area contributed by atoms with Gasteiger partial charge in [0, 0.05) is 15.5 Å². The highest BCUT2D eigenvalue weighted by Crippen LogP contribution is 2.59. The maximum absolute atomic E-state index is 13.1. The lowest BCUT2D eigenvalue weighted by Crippen LogP contribution is -2.25. The van der Waals surface area contributed by atoms with Crippen molar-refractivity contribution in [3.05, 3.63) is 135 Å². The second-order valence-corrected chi connectivity index (χ2v) is 9.69. The third kappa shape index (κ3) is 5.30. The zero-order valence-corrected chi connectivity index (χ0v) is 20.9. The van der Waals surface area contributed by atoms with Crippen LogP contribution in [0.15, 0.2) is 108 Å². The zero-order chi connectivity index (χ0) is 25.0. The Morgan fingerprint density at radius 3 is 2.03 bits per heavy atom. The summed E-state index contributed by atoms with van der Waals surface area (Å²) in [5.74, 6) is 0.401. The molecule has 0 aromatic heterocycles. The number of rotatable bonds is 8. The molecule has 0 aliphatic heterocycles. The Morgan fingerprint density at radius 2 is 1.44 bits per heavy atom. The third-order valence-electron chi connectivity index (χ3n) is 6.51. The fourth-order valence-electron chi connectivity index (χ4n) is 4.52. The molecule has 1 saturated carbocycles. The van der Waals surface area contributed by atoms with Crippen LogP contribution in [0, 0.1) is 5.92 Å². The minimum Gasteiger partial charge on any atom is -0.489 e. The monoisotopic (exact) mass is 514 g/mol. The second kappa shape index (κ2) is 10.6. The van der Waals surface area contributed by atoms with E-state index < -0.39 is 5.41 Å². The van der Waals surface area contributed by atoms with E-state index in [1.165, 1.54) is 0 Å². The van der Waals surface area contributed by atoms with Gasteiger partial charge in [-0.2, -0.15) is 5.10 Å². The summed E-state index contributed by atoms with van der Waals surface area (Å²) < 4.78 is 5.82. The molecule has 1 aliphatic carbocycles. The van der Waals surface area contributed by atoms with E-state index in [9.17, 15) is 4.79 Å². The predicted molar refractivity (Wildman–Crippen MR) is 145 cm³/mol. The van der Waals surface area contributed by atoms with E-state index in [0.717, 1.165) is 28.0 Å². The van der Waals surface area contributed by atoms with E-state index in [2.05, 4.69) is 10.5 Å². The molecule has 1 fully saturated rings. The first-order valence-electron chi connectivity index (χ1n) is 11.7. The van der Waals surface area contributed by atoms with Gasteiger partial charge in [0.25, 0.3) is 0 Å². The lowest BCUT2D eigenvalue weighted by Gasteiger charge is -2.19. The second-order valence-electron chi connectivity index (χ2n) is 8.82. The predicted octanol–water partition coefficient (Wildman–Crippen LogP) is 7.03. The normalized spacial score (nSPS) is 16.0. The Balaban J connectivity index is 1.23. The van der Waals surface area contributed by atoms with Crippen LogP contribution in [0.3, 0.4) is 0 Å². The molecule has 6 heteroatoms. The van der Waals surface area contributed by atoms with Gasteiger partial charge in [0.05, 0.1) is 12.1 Å². The van der Waals surface area contributed by atoms with Crippen LogP contribution in [0.2, 0.25) is 10.0 Å². The number of halogens is 2. The first-order valence-corrected chi connectivity index (χ1v) is 12.4. The lowest BCUT2D eigenvalue weighted by atomic mass is 9.85. The molecule has 5 rings (SSSR count). The Kier molecular flexibility index (Phi) is 7.08. The lowest BCUT2D eigenvalue weighted by molar-refractivity contribution is -0.122. The third-order valence-corrected chi connectivity index (χ3v) is 7.02. The van der Waals surface area contributed by atoms with Crippen molar-refractivity contribution < 1.29 is 9.53 Å². The Bertz CT molecular complexity index is 1310. The van der Waals surface area contributed by atoms with Crippen molar-refractivity contribution in [1.29, 1.82) is 0 Å². The molecule has 36 heavy (non-hydrogen) atoms. The van der Waals surface area contributed by atoms with Gasteiger partial charge in [-0.05, 0) is 77.2 Å². The zero-order valence-electron chi connectivity index (χ0n) is 19.4. The number of carbonyl (C=O) groups excluding carboxylic acids is 1. The van der Waals surface area contributed by atoms with Crippen LogP contribution in [0.5, 0.6) is 5.75 Å². The number of nitrogens with one attached hydrogen (secondary N) is 1. The number of carbonyl (C=O) groups is 1. The number of amides is 1. The van der Waals surface area contributed by atoms with Crippen LogP contribution in [0.1, 0.15) is 28.7 Å². The van der Waals surface area contributed by atoms with Gasteiger partial charge in [-0.1, -0.05) is 77.8 Å². The maximum atomic E-state index is 13.1. The van der Waals surface area contributed by atoms with Gasteiger partial charge in [0.2, 0.25) is 5.91 Å². The van der Waals surface area contributed by atoms with E-state index in [1.54, 1.807) is 6.21 Å². The van der Waals surface area contributed by atoms with Crippen LogP contribution in [0.4, 0.5) is 0 Å². The van der Waals surface area contributed by atoms with E-state index in [-0.39, 0.29) is 11.8 Å². The van der Waals surface area contributed by atoms with Crippen LogP contribution >= 0.6 is 23.2 Å². The number of hydrogen-bond acceptors (Lipinski definition) is 3. The standard InChI is InChI=1S/C30H24Cl2N2O2/c31-25-12-8-23(9-13-25)30(24-10-14-26(32)15-11-24)18-28(30)29(35)34-33-19-21-6-16-27(17-7-21)36-20-22-4-2-1-3-5-22/h1-17,19,28H,18,20H2,(H,34,35)/b33-19+. The molecule has 1 aliphatic rings. The minimum atomic E-state index is -0.424. The van der Waals surface area contributed by atoms with Crippen LogP contribution in [-0.2, 0) is 16.8 Å². The van der Waals surface area contributed by atoms with Crippen molar-refractivity contribution >= 4 is 35.3 Å². The van der Waals surface area contributed by atoms with Crippen LogP contribution in [0.25, 0.3) is 0 Å². The quantitative estimate of drug-likeness (QED) is 0.202. The Labute approximate surface area is 220 Å². The van der Waals surface area contributed by atoms with Crippen molar-refractivity contribution in [2.24, 2.45) is 11.0 Å². The molecule has 0 spiro atoms. The smallest absolute Gasteiger partial charge is 0.244 e. The summed E-state index contributed by atoms with van der Waals surface area (Å²) >= 11 is 12.2. The van der Waals surface area contributed by atoms with Crippen molar-refractivity contribution in [1.82, 2.24) is 5.43 Å². The Hall–Kier alpha value is -3.60. The fraction of sp³-hybridized carbons (Fsp3) is 0.133. The number of ether oxygens (including phenoxy) is 1. The van der Waals surface area contributed by atoms with E-state index >= 15 is 0 Å². The Morgan fingerprint density at radius 1 is 0.861 bits per heavy atom. The molecule has 0 radical (unpaired) electrons. The van der Waals surface area contributed by atoms with Gasteiger partial charge < -0.3 is 4.74 Å². The van der Waals surface area contributed by atoms with E-state index in [0.29, 0.717) is 23.1 Å². The molecular formula is C30H24Cl2N2O2. The number of hydrogen-bond donors (Lipinski definition) is 1. The van der Waals surface area contributed by atoms with Crippen LogP contribution < -0.4 is 10.2 Å². The van der Waals surface area contributed by atoms with Gasteiger partial charge in [-0.3, -0.25) is 4.79 Å². The topological polar surface area (TPSA) is 50.7 Å². The van der Waals surface area contributed by atoms with Crippen molar-refractivity contribution in [3.8, 4) is 5.75 Å². The average Bonchev–Trinajstić information content (AvgIpc) is 3.67. The maximum Gasteiger partial charge on any atom is 0.244 e. The van der Waals surface area contributed by atoms with Crippen molar-refractivity contribution in [3.63, 3.8) is 0 Å². The summed E-state index contributed by atoms with van der Waals surface area (Å²) in [6.45, 7) is 0.509. The largest absolute Gasteiger partial charge is 0.489 e. The highest BCUT2D eigenvalue weighted by Gasteiger charge is 2.60. The summed E-state index contributed by atoms with van der Waals surface area (Å²) in [5.41, 5.74) is 6.36. The molecule has 1 amide bonds. The summed E-state index contributed by atoms with van der Waals surface area (Å²) in [6, 6.07) is 32.9. The van der Waals surface area contributed by atoms with Crippen LogP contribution in [-0.4, -0.2) is 12.1 Å². The summed E-state index contributed by atoms with van der Waals surface area (Å²) in [7, 11) is 0. The van der Waals surface area contributed by atoms with Gasteiger partial charge in [-0.25, -0.2) is 5.43 Å². The molecule has 180 valence electrons. The highest BCUT2D eigenvalue weighted by molar-refractivity contribution is 6.30. The average molecular weight is 515 g/mol. The van der Waals surface area contributed by atoms with E-state index in [4.69, 9.17) is 27.9 Å². The minimum absolute atomic E-state index is 0.126. The molecular weight excluding hydrogens is 491 g/mol. The fourth-order valence-corrected chi connectivity index (χ4v) is 4.77. The van der Waals surface area contributed by atoms with E-state index in [1.807, 2.05) is 103 Å². The number of benzene rings is 4. The molecule has 0 saturated heterocycles. The molecule has 0 bridgehead atoms. The SMILES string of the molecule is O=C(N/N=C/c1ccc(OCc2ccccc2)cc1)C1CC1(c1ccc(Cl)cc1)c1ccc(Cl)cc1. The first-order chi connectivity index (χ1) is 17.5. The molecule has 1 unspecified atom stereocenters. The van der Waals surface area contributed by atoms with Gasteiger partial charge in [-0.15, -0.1) is 0 Å². The molecule has 4 aromatic rings. The van der Waals surface area contributed by atoms with Gasteiger partial charge in [0.1, 0.15) is 12.4 Å². The number of nitrogens with zero attached hydrogens (tertiary/aromatic N) is 1. The molecule has 1 N–H and O–H groups in total. The summed E-state index contributed by atoms with van der Waals surface area (Å²) in [4.78, 5) is 13.1.